The van der Waals surface area contributed by atoms with Gasteiger partial charge in [-0.15, -0.1) is 0 Å². The zero-order valence-corrected chi connectivity index (χ0v) is 24.5. The van der Waals surface area contributed by atoms with Crippen LogP contribution in [0.3, 0.4) is 0 Å². The standard InChI is InChI=1S/C15H17ClN2O4.C13H15ClN2O3/c1-10(19)17-7-8-18(13(9-17)15(21)22-2)14(20)11-3-5-12(16)6-4-11;1-19-13(18)11-8-15-6-7-16(11)12(17)9-2-4-10(14)5-3-9/h3-6,13H,7-9H2,1-2H3;2-5,11,15H,6-8H2,1H3/t13-;11-/m00/s1. The minimum Gasteiger partial charge on any atom is -0.467 e. The molecule has 1 N–H and O–H groups in total. The highest BCUT2D eigenvalue weighted by Crippen LogP contribution is 2.18. The molecule has 3 amide bonds. The van der Waals surface area contributed by atoms with Gasteiger partial charge in [0.1, 0.15) is 12.1 Å². The molecular weight excluding hydrogens is 575 g/mol. The van der Waals surface area contributed by atoms with E-state index in [2.05, 4.69) is 5.32 Å². The zero-order chi connectivity index (χ0) is 30.1. The fraction of sp³-hybridized carbons (Fsp3) is 0.393. The van der Waals surface area contributed by atoms with Gasteiger partial charge in [-0.05, 0) is 48.5 Å². The minimum absolute atomic E-state index is 0.132. The SMILES string of the molecule is COC(=O)[C@@H]1CN(C(C)=O)CCN1C(=O)c1ccc(Cl)cc1.COC(=O)[C@@H]1CNCCN1C(=O)c1ccc(Cl)cc1. The van der Waals surface area contributed by atoms with E-state index in [0.717, 1.165) is 0 Å². The molecule has 4 rings (SSSR count). The maximum absolute atomic E-state index is 12.6. The Hall–Kier alpha value is -3.67. The number of ether oxygens (including phenoxy) is 2. The third-order valence-corrected chi connectivity index (χ3v) is 7.22. The third kappa shape index (κ3) is 8.18. The van der Waals surface area contributed by atoms with E-state index in [9.17, 15) is 24.0 Å². The molecule has 0 saturated carbocycles. The molecule has 0 spiro atoms. The molecule has 2 saturated heterocycles. The monoisotopic (exact) mass is 606 g/mol. The molecule has 41 heavy (non-hydrogen) atoms. The van der Waals surface area contributed by atoms with Gasteiger partial charge in [0, 0.05) is 60.8 Å². The van der Waals surface area contributed by atoms with Gasteiger partial charge in [0.05, 0.1) is 20.8 Å². The number of methoxy groups -OCH3 is 2. The number of carbonyl (C=O) groups is 5. The van der Waals surface area contributed by atoms with Crippen LogP contribution in [0.1, 0.15) is 27.6 Å². The van der Waals surface area contributed by atoms with Crippen molar-refractivity contribution in [1.29, 1.82) is 0 Å². The Morgan fingerprint density at radius 1 is 0.732 bits per heavy atom. The molecule has 2 atom stereocenters. The van der Waals surface area contributed by atoms with Crippen LogP contribution in [0.15, 0.2) is 48.5 Å². The van der Waals surface area contributed by atoms with E-state index in [0.29, 0.717) is 47.4 Å². The molecule has 13 heteroatoms. The van der Waals surface area contributed by atoms with Gasteiger partial charge < -0.3 is 29.5 Å². The van der Waals surface area contributed by atoms with Gasteiger partial charge in [-0.25, -0.2) is 9.59 Å². The zero-order valence-electron chi connectivity index (χ0n) is 23.0. The summed E-state index contributed by atoms with van der Waals surface area (Å²) in [5.41, 5.74) is 0.954. The lowest BCUT2D eigenvalue weighted by atomic mass is 10.1. The van der Waals surface area contributed by atoms with Crippen LogP contribution in [-0.2, 0) is 23.9 Å². The van der Waals surface area contributed by atoms with Gasteiger partial charge in [-0.1, -0.05) is 23.2 Å². The van der Waals surface area contributed by atoms with E-state index in [1.165, 1.54) is 35.8 Å². The average molecular weight is 607 g/mol. The maximum Gasteiger partial charge on any atom is 0.330 e. The van der Waals surface area contributed by atoms with E-state index in [1.54, 1.807) is 48.5 Å². The predicted molar refractivity (Wildman–Crippen MR) is 152 cm³/mol. The number of piperazine rings is 2. The second-order valence-corrected chi connectivity index (χ2v) is 10.1. The lowest BCUT2D eigenvalue weighted by Gasteiger charge is -2.39. The summed E-state index contributed by atoms with van der Waals surface area (Å²) in [4.78, 5) is 64.6. The van der Waals surface area contributed by atoms with Crippen LogP contribution in [0.25, 0.3) is 0 Å². The number of nitrogens with one attached hydrogen (secondary N) is 1. The molecule has 11 nitrogen and oxygen atoms in total. The van der Waals surface area contributed by atoms with Crippen LogP contribution in [0.5, 0.6) is 0 Å². The van der Waals surface area contributed by atoms with Crippen LogP contribution in [-0.4, -0.2) is 110 Å². The summed E-state index contributed by atoms with van der Waals surface area (Å²) < 4.78 is 9.49. The number of carbonyl (C=O) groups excluding carboxylic acids is 5. The molecular formula is C28H32Cl2N4O7. The van der Waals surface area contributed by atoms with Crippen LogP contribution < -0.4 is 5.32 Å². The molecule has 0 aromatic heterocycles. The fourth-order valence-corrected chi connectivity index (χ4v) is 4.71. The molecule has 220 valence electrons. The Morgan fingerprint density at radius 3 is 1.66 bits per heavy atom. The number of hydrogen-bond donors (Lipinski definition) is 1. The second kappa shape index (κ2) is 14.8. The highest BCUT2D eigenvalue weighted by Gasteiger charge is 2.37. The van der Waals surface area contributed by atoms with Crippen molar-refractivity contribution in [3.05, 3.63) is 69.7 Å². The van der Waals surface area contributed by atoms with Crippen LogP contribution in [0.2, 0.25) is 10.0 Å². The van der Waals surface area contributed by atoms with E-state index in [1.807, 2.05) is 0 Å². The predicted octanol–water partition coefficient (Wildman–Crippen LogP) is 2.11. The molecule has 0 unspecified atom stereocenters. The van der Waals surface area contributed by atoms with Gasteiger partial charge in [0.25, 0.3) is 11.8 Å². The van der Waals surface area contributed by atoms with Gasteiger partial charge in [0.2, 0.25) is 5.91 Å². The normalized spacial score (nSPS) is 18.5. The van der Waals surface area contributed by atoms with Crippen molar-refractivity contribution < 1.29 is 33.4 Å². The van der Waals surface area contributed by atoms with Crippen molar-refractivity contribution in [2.75, 3.05) is 53.5 Å². The van der Waals surface area contributed by atoms with Gasteiger partial charge >= 0.3 is 11.9 Å². The van der Waals surface area contributed by atoms with Crippen molar-refractivity contribution in [1.82, 2.24) is 20.0 Å². The van der Waals surface area contributed by atoms with Gasteiger partial charge in [-0.3, -0.25) is 14.4 Å². The quantitative estimate of drug-likeness (QED) is 0.525. The summed E-state index contributed by atoms with van der Waals surface area (Å²) in [6.07, 6.45) is 0. The van der Waals surface area contributed by atoms with Crippen LogP contribution in [0.4, 0.5) is 0 Å². The lowest BCUT2D eigenvalue weighted by Crippen LogP contribution is -2.59. The van der Waals surface area contributed by atoms with E-state index >= 15 is 0 Å². The number of benzene rings is 2. The van der Waals surface area contributed by atoms with Crippen molar-refractivity contribution in [3.63, 3.8) is 0 Å². The van der Waals surface area contributed by atoms with Crippen molar-refractivity contribution in [2.24, 2.45) is 0 Å². The number of amides is 3. The highest BCUT2D eigenvalue weighted by molar-refractivity contribution is 6.31. The topological polar surface area (TPSA) is 126 Å². The molecule has 2 aliphatic rings. The molecule has 2 aromatic rings. The summed E-state index contributed by atoms with van der Waals surface area (Å²) in [6.45, 7) is 3.79. The largest absolute Gasteiger partial charge is 0.467 e. The Balaban J connectivity index is 0.000000228. The third-order valence-electron chi connectivity index (χ3n) is 6.72. The first-order valence-corrected chi connectivity index (χ1v) is 13.6. The highest BCUT2D eigenvalue weighted by atomic mass is 35.5. The van der Waals surface area contributed by atoms with Crippen molar-refractivity contribution in [3.8, 4) is 0 Å². The Bertz CT molecular complexity index is 1260. The first kappa shape index (κ1) is 31.9. The summed E-state index contributed by atoms with van der Waals surface area (Å²) in [6, 6.07) is 11.7. The minimum atomic E-state index is -0.800. The Kier molecular flexibility index (Phi) is 11.5. The number of rotatable bonds is 4. The lowest BCUT2D eigenvalue weighted by molar-refractivity contribution is -0.150. The van der Waals surface area contributed by atoms with Gasteiger partial charge in [-0.2, -0.15) is 0 Å². The van der Waals surface area contributed by atoms with Gasteiger partial charge in [0.15, 0.2) is 0 Å². The van der Waals surface area contributed by atoms with E-state index in [-0.39, 0.29) is 30.8 Å². The Morgan fingerprint density at radius 2 is 1.20 bits per heavy atom. The maximum atomic E-state index is 12.6. The average Bonchev–Trinajstić information content (AvgIpc) is 3.00. The summed E-state index contributed by atoms with van der Waals surface area (Å²) in [7, 11) is 2.59. The first-order valence-electron chi connectivity index (χ1n) is 12.8. The van der Waals surface area contributed by atoms with E-state index < -0.39 is 24.0 Å². The number of nitrogens with zero attached hydrogens (tertiary/aromatic N) is 3. The molecule has 0 radical (unpaired) electrons. The summed E-state index contributed by atoms with van der Waals surface area (Å²) in [5.74, 6) is -1.54. The Labute approximate surface area is 248 Å². The molecule has 0 aliphatic carbocycles. The van der Waals surface area contributed by atoms with Crippen molar-refractivity contribution in [2.45, 2.75) is 19.0 Å². The molecule has 2 heterocycles. The molecule has 0 bridgehead atoms. The summed E-state index contributed by atoms with van der Waals surface area (Å²) >= 11 is 11.6. The molecule has 2 fully saturated rings. The fourth-order valence-electron chi connectivity index (χ4n) is 4.46. The first-order chi connectivity index (χ1) is 19.6. The molecule has 2 aliphatic heterocycles. The number of esters is 2. The van der Waals surface area contributed by atoms with Crippen LogP contribution >= 0.6 is 23.2 Å². The van der Waals surface area contributed by atoms with Crippen molar-refractivity contribution >= 4 is 52.9 Å². The van der Waals surface area contributed by atoms with Crippen LogP contribution in [0, 0.1) is 0 Å². The van der Waals surface area contributed by atoms with E-state index in [4.69, 9.17) is 32.7 Å². The second-order valence-electron chi connectivity index (χ2n) is 9.26. The molecule has 2 aromatic carbocycles. The summed E-state index contributed by atoms with van der Waals surface area (Å²) in [5, 5.41) is 4.18. The smallest absolute Gasteiger partial charge is 0.330 e. The number of hydrogen-bond acceptors (Lipinski definition) is 8. The number of halogens is 2.